The fourth-order valence-corrected chi connectivity index (χ4v) is 2.61. The highest BCUT2D eigenvalue weighted by atomic mass is 19.4. The van der Waals surface area contributed by atoms with Gasteiger partial charge in [0, 0.05) is 5.92 Å². The van der Waals surface area contributed by atoms with E-state index in [9.17, 15) is 22.8 Å². The van der Waals surface area contributed by atoms with E-state index in [2.05, 4.69) is 15.4 Å². The topological polar surface area (TPSA) is 97.1 Å². The van der Waals surface area contributed by atoms with Gasteiger partial charge >= 0.3 is 12.1 Å². The summed E-state index contributed by atoms with van der Waals surface area (Å²) in [5, 5.41) is 14.5. The monoisotopic (exact) mass is 320 g/mol. The van der Waals surface area contributed by atoms with E-state index >= 15 is 0 Å². The van der Waals surface area contributed by atoms with E-state index in [0.717, 1.165) is 11.0 Å². The summed E-state index contributed by atoms with van der Waals surface area (Å²) in [4.78, 5) is 26.2. The maximum Gasteiger partial charge on any atom is 0.392 e. The molecule has 1 heterocycles. The van der Waals surface area contributed by atoms with E-state index in [-0.39, 0.29) is 18.8 Å². The molecule has 7 nitrogen and oxygen atoms in total. The smallest absolute Gasteiger partial charge is 0.392 e. The zero-order valence-electron chi connectivity index (χ0n) is 11.5. The molecule has 0 aromatic carbocycles. The number of anilines is 1. The second-order valence-electron chi connectivity index (χ2n) is 5.19. The van der Waals surface area contributed by atoms with Gasteiger partial charge in [-0.15, -0.1) is 5.10 Å². The van der Waals surface area contributed by atoms with Gasteiger partial charge in [-0.1, -0.05) is 12.8 Å². The number of hydrogen-bond acceptors (Lipinski definition) is 4. The molecular weight excluding hydrogens is 305 g/mol. The van der Waals surface area contributed by atoms with Gasteiger partial charge in [0.2, 0.25) is 11.9 Å². The summed E-state index contributed by atoms with van der Waals surface area (Å²) >= 11 is 0. The maximum atomic E-state index is 13.0. The van der Waals surface area contributed by atoms with Crippen LogP contribution < -0.4 is 5.32 Å². The van der Waals surface area contributed by atoms with Gasteiger partial charge in [-0.2, -0.15) is 13.2 Å². The summed E-state index contributed by atoms with van der Waals surface area (Å²) in [6.45, 7) is -0.447. The Bertz CT molecular complexity index is 558. The van der Waals surface area contributed by atoms with Crippen LogP contribution in [0.3, 0.4) is 0 Å². The molecule has 2 N–H and O–H groups in total. The number of nitrogens with one attached hydrogen (secondary N) is 1. The van der Waals surface area contributed by atoms with Crippen molar-refractivity contribution >= 4 is 17.8 Å². The van der Waals surface area contributed by atoms with Crippen LogP contribution >= 0.6 is 0 Å². The second kappa shape index (κ2) is 6.32. The fraction of sp³-hybridized carbons (Fsp3) is 0.667. The Morgan fingerprint density at radius 1 is 1.36 bits per heavy atom. The van der Waals surface area contributed by atoms with Crippen LogP contribution in [0, 0.1) is 11.8 Å². The Labute approximate surface area is 123 Å². The van der Waals surface area contributed by atoms with Crippen LogP contribution in [0.2, 0.25) is 0 Å². The number of carboxylic acid groups (broad SMARTS) is 1. The first-order valence-electron chi connectivity index (χ1n) is 6.76. The minimum Gasteiger partial charge on any atom is -0.480 e. The maximum absolute atomic E-state index is 13.0. The van der Waals surface area contributed by atoms with E-state index in [4.69, 9.17) is 5.11 Å². The van der Waals surface area contributed by atoms with Crippen molar-refractivity contribution in [3.63, 3.8) is 0 Å². The number of hydrogen-bond donors (Lipinski definition) is 2. The largest absolute Gasteiger partial charge is 0.480 e. The molecule has 1 fully saturated rings. The first-order valence-corrected chi connectivity index (χ1v) is 6.76. The van der Waals surface area contributed by atoms with Crippen LogP contribution in [0.15, 0.2) is 6.33 Å². The average molecular weight is 320 g/mol. The lowest BCUT2D eigenvalue weighted by molar-refractivity contribution is -0.197. The van der Waals surface area contributed by atoms with Crippen molar-refractivity contribution in [2.45, 2.75) is 38.4 Å². The average Bonchev–Trinajstić information content (AvgIpc) is 2.84. The predicted octanol–water partition coefficient (Wildman–Crippen LogP) is 1.67. The number of carbonyl (C=O) groups excluding carboxylic acids is 1. The first kappa shape index (κ1) is 16.2. The summed E-state index contributed by atoms with van der Waals surface area (Å²) in [7, 11) is 0. The van der Waals surface area contributed by atoms with Gasteiger partial charge in [0.05, 0.1) is 5.92 Å². The Morgan fingerprint density at radius 2 is 2.05 bits per heavy atom. The normalized spacial score (nSPS) is 22.3. The number of aliphatic carboxylic acids is 1. The van der Waals surface area contributed by atoms with Crippen LogP contribution in [0.4, 0.5) is 19.1 Å². The molecule has 1 amide bonds. The predicted molar refractivity (Wildman–Crippen MR) is 67.8 cm³/mol. The minimum absolute atomic E-state index is 0.0670. The number of carboxylic acids is 1. The van der Waals surface area contributed by atoms with Crippen LogP contribution in [0.25, 0.3) is 0 Å². The lowest BCUT2D eigenvalue weighted by Gasteiger charge is -2.31. The highest BCUT2D eigenvalue weighted by Gasteiger charge is 2.48. The van der Waals surface area contributed by atoms with Crippen LogP contribution in [-0.2, 0) is 16.1 Å². The van der Waals surface area contributed by atoms with Gasteiger partial charge < -0.3 is 5.11 Å². The lowest BCUT2D eigenvalue weighted by Crippen LogP contribution is -2.39. The summed E-state index contributed by atoms with van der Waals surface area (Å²) in [5.41, 5.74) is 0. The van der Waals surface area contributed by atoms with Gasteiger partial charge in [-0.05, 0) is 12.8 Å². The molecule has 0 aliphatic heterocycles. The van der Waals surface area contributed by atoms with Crippen LogP contribution in [0.1, 0.15) is 25.7 Å². The van der Waals surface area contributed by atoms with Crippen molar-refractivity contribution in [2.24, 2.45) is 11.8 Å². The second-order valence-corrected chi connectivity index (χ2v) is 5.19. The highest BCUT2D eigenvalue weighted by Crippen LogP contribution is 2.41. The van der Waals surface area contributed by atoms with Crippen molar-refractivity contribution in [3.05, 3.63) is 6.33 Å². The summed E-state index contributed by atoms with van der Waals surface area (Å²) < 4.78 is 39.8. The Hall–Kier alpha value is -2.13. The van der Waals surface area contributed by atoms with Crippen LogP contribution in [-0.4, -0.2) is 37.9 Å². The Balaban J connectivity index is 2.03. The molecule has 2 rings (SSSR count). The van der Waals surface area contributed by atoms with Gasteiger partial charge in [0.1, 0.15) is 12.9 Å². The quantitative estimate of drug-likeness (QED) is 0.879. The number of nitrogens with zero attached hydrogens (tertiary/aromatic N) is 3. The summed E-state index contributed by atoms with van der Waals surface area (Å²) in [6, 6.07) is 0. The molecule has 1 saturated carbocycles. The Kier molecular flexibility index (Phi) is 4.67. The molecule has 122 valence electrons. The number of alkyl halides is 3. The molecule has 0 radical (unpaired) electrons. The van der Waals surface area contributed by atoms with Crippen LogP contribution in [0.5, 0.6) is 0 Å². The zero-order valence-corrected chi connectivity index (χ0v) is 11.5. The third-order valence-electron chi connectivity index (χ3n) is 3.59. The highest BCUT2D eigenvalue weighted by molar-refractivity contribution is 5.91. The van der Waals surface area contributed by atoms with Gasteiger partial charge in [-0.25, -0.2) is 9.67 Å². The number of aromatic nitrogens is 3. The van der Waals surface area contributed by atoms with Gasteiger partial charge in [0.15, 0.2) is 0 Å². The third-order valence-corrected chi connectivity index (χ3v) is 3.59. The molecule has 2 atom stereocenters. The molecule has 1 aromatic heterocycles. The summed E-state index contributed by atoms with van der Waals surface area (Å²) in [5.74, 6) is -4.96. The lowest BCUT2D eigenvalue weighted by atomic mass is 9.78. The number of rotatable bonds is 4. The molecular formula is C12H15F3N4O3. The number of halogens is 3. The molecule has 1 aliphatic rings. The number of amides is 1. The van der Waals surface area contributed by atoms with E-state index < -0.39 is 36.4 Å². The molecule has 22 heavy (non-hydrogen) atoms. The van der Waals surface area contributed by atoms with Crippen molar-refractivity contribution in [1.29, 1.82) is 0 Å². The Morgan fingerprint density at radius 3 is 2.68 bits per heavy atom. The third kappa shape index (κ3) is 3.95. The van der Waals surface area contributed by atoms with Gasteiger partial charge in [0.25, 0.3) is 0 Å². The first-order chi connectivity index (χ1) is 10.3. The zero-order chi connectivity index (χ0) is 16.3. The molecule has 1 aliphatic carbocycles. The van der Waals surface area contributed by atoms with Crippen molar-refractivity contribution < 1.29 is 27.9 Å². The molecule has 0 saturated heterocycles. The molecule has 0 bridgehead atoms. The molecule has 0 unspecified atom stereocenters. The number of carbonyl (C=O) groups is 2. The van der Waals surface area contributed by atoms with Crippen molar-refractivity contribution in [1.82, 2.24) is 14.8 Å². The summed E-state index contributed by atoms with van der Waals surface area (Å²) in [6.07, 6.45) is -2.23. The van der Waals surface area contributed by atoms with E-state index in [0.29, 0.717) is 12.8 Å². The fourth-order valence-electron chi connectivity index (χ4n) is 2.61. The minimum atomic E-state index is -4.42. The van der Waals surface area contributed by atoms with Crippen molar-refractivity contribution in [2.75, 3.05) is 5.32 Å². The van der Waals surface area contributed by atoms with E-state index in [1.165, 1.54) is 0 Å². The van der Waals surface area contributed by atoms with E-state index in [1.807, 2.05) is 0 Å². The molecule has 10 heteroatoms. The standard InChI is InChI=1S/C12H15F3N4O3/c13-12(14,15)8-4-2-1-3-7(8)10(22)17-11-16-6-19(18-11)5-9(20)21/h6-8H,1-5H2,(H,20,21)(H,17,18,22)/t7-,8-/m1/s1. The molecule has 0 spiro atoms. The van der Waals surface area contributed by atoms with Gasteiger partial charge in [-0.3, -0.25) is 14.9 Å². The van der Waals surface area contributed by atoms with E-state index in [1.54, 1.807) is 0 Å². The SMILES string of the molecule is O=C(O)Cn1cnc(NC(=O)[C@@H]2CCCC[C@H]2C(F)(F)F)n1. The van der Waals surface area contributed by atoms with Crippen molar-refractivity contribution in [3.8, 4) is 0 Å². The molecule has 1 aromatic rings.